The van der Waals surface area contributed by atoms with Gasteiger partial charge < -0.3 is 10.0 Å². The van der Waals surface area contributed by atoms with Crippen molar-refractivity contribution in [2.24, 2.45) is 5.92 Å². The number of hydrogen-bond donors (Lipinski definition) is 1. The topological polar surface area (TPSA) is 60.9 Å². The predicted molar refractivity (Wildman–Crippen MR) is 79.8 cm³/mol. The molecule has 1 aromatic rings. The molecule has 1 fully saturated rings. The van der Waals surface area contributed by atoms with Crippen LogP contribution in [-0.2, 0) is 9.59 Å². The summed E-state index contributed by atoms with van der Waals surface area (Å²) in [5.41, 5.74) is 1.10. The molecule has 0 unspecified atom stereocenters. The normalized spacial score (nSPS) is 20.2. The Hall–Kier alpha value is -1.88. The van der Waals surface area contributed by atoms with E-state index in [0.29, 0.717) is 19.5 Å². The summed E-state index contributed by atoms with van der Waals surface area (Å²) in [4.78, 5) is 26.9. The Morgan fingerprint density at radius 3 is 2.62 bits per heavy atom. The highest BCUT2D eigenvalue weighted by atomic mass is 16.4. The lowest BCUT2D eigenvalue weighted by molar-refractivity contribution is -0.141. The Bertz CT molecular complexity index is 504. The van der Waals surface area contributed by atoms with Gasteiger partial charge in [0.25, 0.3) is 0 Å². The minimum Gasteiger partial charge on any atom is -0.481 e. The minimum atomic E-state index is -0.768. The fourth-order valence-electron chi connectivity index (χ4n) is 2.65. The molecule has 1 aliphatic heterocycles. The molecule has 2 atom stereocenters. The van der Waals surface area contributed by atoms with Crippen molar-refractivity contribution in [3.8, 4) is 0 Å². The summed E-state index contributed by atoms with van der Waals surface area (Å²) >= 11 is 0. The lowest BCUT2D eigenvalue weighted by Crippen LogP contribution is -2.39. The van der Waals surface area contributed by atoms with Crippen molar-refractivity contribution in [2.75, 3.05) is 26.7 Å². The van der Waals surface area contributed by atoms with Gasteiger partial charge in [0.2, 0.25) is 5.91 Å². The van der Waals surface area contributed by atoms with Crippen LogP contribution in [0.1, 0.15) is 24.9 Å². The SMILES string of the molecule is C[C@H](c1ccccc1)N(C)C(=O)CN1CC[C@H](C(=O)O)C1. The molecule has 1 N–H and O–H groups in total. The van der Waals surface area contributed by atoms with Gasteiger partial charge in [0.1, 0.15) is 0 Å². The predicted octanol–water partition coefficient (Wildman–Crippen LogP) is 1.61. The third-order valence-electron chi connectivity index (χ3n) is 4.24. The number of carbonyl (C=O) groups is 2. The van der Waals surface area contributed by atoms with Gasteiger partial charge in [-0.1, -0.05) is 30.3 Å². The molecule has 0 radical (unpaired) electrons. The molecule has 5 nitrogen and oxygen atoms in total. The van der Waals surface area contributed by atoms with E-state index in [1.807, 2.05) is 42.2 Å². The van der Waals surface area contributed by atoms with Gasteiger partial charge in [0.05, 0.1) is 18.5 Å². The van der Waals surface area contributed by atoms with Crippen LogP contribution in [0.25, 0.3) is 0 Å². The Morgan fingerprint density at radius 2 is 2.05 bits per heavy atom. The first-order valence-corrected chi connectivity index (χ1v) is 7.24. The number of benzene rings is 1. The zero-order chi connectivity index (χ0) is 15.4. The third-order valence-corrected chi connectivity index (χ3v) is 4.24. The van der Waals surface area contributed by atoms with Crippen LogP contribution in [0.5, 0.6) is 0 Å². The molecular weight excluding hydrogens is 268 g/mol. The van der Waals surface area contributed by atoms with Crippen LogP contribution in [0.2, 0.25) is 0 Å². The van der Waals surface area contributed by atoms with Crippen molar-refractivity contribution in [1.82, 2.24) is 9.80 Å². The van der Waals surface area contributed by atoms with Gasteiger partial charge in [-0.15, -0.1) is 0 Å². The number of hydrogen-bond acceptors (Lipinski definition) is 3. The summed E-state index contributed by atoms with van der Waals surface area (Å²) in [6.45, 7) is 3.43. The summed E-state index contributed by atoms with van der Waals surface area (Å²) in [6, 6.07) is 9.89. The Labute approximate surface area is 125 Å². The molecular formula is C16H22N2O3. The molecule has 0 bridgehead atoms. The van der Waals surface area contributed by atoms with Crippen molar-refractivity contribution < 1.29 is 14.7 Å². The number of amides is 1. The van der Waals surface area contributed by atoms with E-state index < -0.39 is 5.97 Å². The minimum absolute atomic E-state index is 0.0107. The summed E-state index contributed by atoms with van der Waals surface area (Å²) < 4.78 is 0. The molecule has 0 aromatic heterocycles. The number of carboxylic acid groups (broad SMARTS) is 1. The standard InChI is InChI=1S/C16H22N2O3/c1-12(13-6-4-3-5-7-13)17(2)15(19)11-18-9-8-14(10-18)16(20)21/h3-7,12,14H,8-11H2,1-2H3,(H,20,21)/t12-,14+/m1/s1. The number of likely N-dealkylation sites (N-methyl/N-ethyl adjacent to an activating group) is 1. The molecule has 114 valence electrons. The molecule has 1 amide bonds. The number of aliphatic carboxylic acids is 1. The van der Waals surface area contributed by atoms with Crippen LogP contribution in [0.4, 0.5) is 0 Å². The molecule has 2 rings (SSSR count). The van der Waals surface area contributed by atoms with Crippen molar-refractivity contribution >= 4 is 11.9 Å². The number of carboxylic acids is 1. The molecule has 21 heavy (non-hydrogen) atoms. The smallest absolute Gasteiger partial charge is 0.307 e. The van der Waals surface area contributed by atoms with Crippen LogP contribution in [0.3, 0.4) is 0 Å². The highest BCUT2D eigenvalue weighted by molar-refractivity contribution is 5.78. The van der Waals surface area contributed by atoms with Crippen molar-refractivity contribution in [3.05, 3.63) is 35.9 Å². The third kappa shape index (κ3) is 3.82. The van der Waals surface area contributed by atoms with Gasteiger partial charge in [-0.3, -0.25) is 14.5 Å². The van der Waals surface area contributed by atoms with Crippen LogP contribution >= 0.6 is 0 Å². The quantitative estimate of drug-likeness (QED) is 0.895. The van der Waals surface area contributed by atoms with Gasteiger partial charge in [-0.25, -0.2) is 0 Å². The van der Waals surface area contributed by atoms with E-state index in [0.717, 1.165) is 5.56 Å². The van der Waals surface area contributed by atoms with Gasteiger partial charge in [-0.05, 0) is 25.5 Å². The average Bonchev–Trinajstić information content (AvgIpc) is 2.95. The maximum Gasteiger partial charge on any atom is 0.307 e. The monoisotopic (exact) mass is 290 g/mol. The van der Waals surface area contributed by atoms with E-state index in [4.69, 9.17) is 5.11 Å². The first-order valence-electron chi connectivity index (χ1n) is 7.24. The zero-order valence-electron chi connectivity index (χ0n) is 12.5. The highest BCUT2D eigenvalue weighted by Gasteiger charge is 2.30. The molecule has 1 aliphatic rings. The second-order valence-corrected chi connectivity index (χ2v) is 5.65. The Balaban J connectivity index is 1.90. The Kier molecular flexibility index (Phi) is 4.96. The Morgan fingerprint density at radius 1 is 1.38 bits per heavy atom. The van der Waals surface area contributed by atoms with Gasteiger partial charge in [0.15, 0.2) is 0 Å². The largest absolute Gasteiger partial charge is 0.481 e. The van der Waals surface area contributed by atoms with E-state index in [9.17, 15) is 9.59 Å². The molecule has 0 spiro atoms. The fourth-order valence-corrected chi connectivity index (χ4v) is 2.65. The summed E-state index contributed by atoms with van der Waals surface area (Å²) in [5.74, 6) is -1.08. The lowest BCUT2D eigenvalue weighted by Gasteiger charge is -2.27. The summed E-state index contributed by atoms with van der Waals surface area (Å²) in [7, 11) is 1.80. The molecule has 1 heterocycles. The molecule has 1 aromatic carbocycles. The average molecular weight is 290 g/mol. The maximum atomic E-state index is 12.3. The van der Waals surface area contributed by atoms with E-state index in [-0.39, 0.29) is 24.4 Å². The number of rotatable bonds is 5. The molecule has 0 saturated carbocycles. The first-order chi connectivity index (χ1) is 9.99. The van der Waals surface area contributed by atoms with Crippen LogP contribution in [0.15, 0.2) is 30.3 Å². The van der Waals surface area contributed by atoms with Crippen molar-refractivity contribution in [2.45, 2.75) is 19.4 Å². The number of likely N-dealkylation sites (tertiary alicyclic amines) is 1. The van der Waals surface area contributed by atoms with Crippen LogP contribution in [0, 0.1) is 5.92 Å². The fraction of sp³-hybridized carbons (Fsp3) is 0.500. The van der Waals surface area contributed by atoms with Gasteiger partial charge in [-0.2, -0.15) is 0 Å². The lowest BCUT2D eigenvalue weighted by atomic mass is 10.1. The maximum absolute atomic E-state index is 12.3. The molecule has 5 heteroatoms. The van der Waals surface area contributed by atoms with Gasteiger partial charge >= 0.3 is 5.97 Å². The second-order valence-electron chi connectivity index (χ2n) is 5.65. The van der Waals surface area contributed by atoms with E-state index in [1.54, 1.807) is 11.9 Å². The second kappa shape index (κ2) is 6.72. The molecule has 0 aliphatic carbocycles. The molecule has 1 saturated heterocycles. The summed E-state index contributed by atoms with van der Waals surface area (Å²) in [6.07, 6.45) is 0.626. The van der Waals surface area contributed by atoms with E-state index >= 15 is 0 Å². The van der Waals surface area contributed by atoms with Crippen LogP contribution in [-0.4, -0.2) is 53.5 Å². The van der Waals surface area contributed by atoms with Crippen molar-refractivity contribution in [1.29, 1.82) is 0 Å². The van der Waals surface area contributed by atoms with E-state index in [1.165, 1.54) is 0 Å². The number of carbonyl (C=O) groups excluding carboxylic acids is 1. The van der Waals surface area contributed by atoms with E-state index in [2.05, 4.69) is 0 Å². The summed E-state index contributed by atoms with van der Waals surface area (Å²) in [5, 5.41) is 8.99. The zero-order valence-corrected chi connectivity index (χ0v) is 12.5. The van der Waals surface area contributed by atoms with Crippen LogP contribution < -0.4 is 0 Å². The number of nitrogens with zero attached hydrogens (tertiary/aromatic N) is 2. The highest BCUT2D eigenvalue weighted by Crippen LogP contribution is 2.20. The van der Waals surface area contributed by atoms with Crippen molar-refractivity contribution in [3.63, 3.8) is 0 Å². The first kappa shape index (κ1) is 15.5. The van der Waals surface area contributed by atoms with Gasteiger partial charge in [0, 0.05) is 13.6 Å².